The number of rotatable bonds is 6. The van der Waals surface area contributed by atoms with E-state index < -0.39 is 5.97 Å². The Balaban J connectivity index is 1.64. The van der Waals surface area contributed by atoms with Crippen LogP contribution in [0.1, 0.15) is 22.8 Å². The van der Waals surface area contributed by atoms with Crippen molar-refractivity contribution in [2.24, 2.45) is 0 Å². The Morgan fingerprint density at radius 1 is 1.31 bits per heavy atom. The first-order valence-corrected chi connectivity index (χ1v) is 9.83. The van der Waals surface area contributed by atoms with Crippen molar-refractivity contribution in [2.45, 2.75) is 18.9 Å². The van der Waals surface area contributed by atoms with Crippen LogP contribution in [0, 0.1) is 11.3 Å². The number of nitrogens with zero attached hydrogens (tertiary/aromatic N) is 1. The number of carbonyl (C=O) groups is 2. The molecule has 0 radical (unpaired) electrons. The van der Waals surface area contributed by atoms with E-state index in [1.165, 1.54) is 11.3 Å². The molecule has 0 saturated heterocycles. The highest BCUT2D eigenvalue weighted by Gasteiger charge is 2.30. The Labute approximate surface area is 159 Å². The zero-order valence-corrected chi connectivity index (χ0v) is 15.4. The maximum absolute atomic E-state index is 12.0. The van der Waals surface area contributed by atoms with Gasteiger partial charge in [0, 0.05) is 17.2 Å². The van der Waals surface area contributed by atoms with Gasteiger partial charge in [-0.2, -0.15) is 5.26 Å². The van der Waals surface area contributed by atoms with Crippen LogP contribution >= 0.6 is 23.1 Å². The molecule has 0 spiro atoms. The molecule has 1 aromatic carbocycles. The fourth-order valence-corrected chi connectivity index (χ4v) is 4.29. The topological polar surface area (TPSA) is 79.2 Å². The van der Waals surface area contributed by atoms with Crippen LogP contribution < -0.4 is 5.32 Å². The zero-order chi connectivity index (χ0) is 18.4. The first-order valence-electron chi connectivity index (χ1n) is 7.97. The fourth-order valence-electron chi connectivity index (χ4n) is 2.58. The molecule has 3 rings (SSSR count). The van der Waals surface area contributed by atoms with Crippen LogP contribution in [-0.2, 0) is 20.9 Å². The molecule has 1 aromatic heterocycles. The van der Waals surface area contributed by atoms with Gasteiger partial charge < -0.3 is 10.1 Å². The summed E-state index contributed by atoms with van der Waals surface area (Å²) in [7, 11) is 0. The van der Waals surface area contributed by atoms with Gasteiger partial charge in [0.2, 0.25) is 5.91 Å². The monoisotopic (exact) mass is 384 g/mol. The quantitative estimate of drug-likeness (QED) is 0.771. The largest absolute Gasteiger partial charge is 0.460 e. The number of nitrogens with one attached hydrogen (secondary N) is 1. The van der Waals surface area contributed by atoms with E-state index in [0.29, 0.717) is 10.6 Å². The third kappa shape index (κ3) is 4.54. The molecule has 26 heavy (non-hydrogen) atoms. The molecule has 1 atom stereocenters. The van der Waals surface area contributed by atoms with Crippen LogP contribution in [0.3, 0.4) is 0 Å². The van der Waals surface area contributed by atoms with Crippen molar-refractivity contribution in [3.8, 4) is 6.07 Å². The normalized spacial score (nSPS) is 16.7. The first kappa shape index (κ1) is 18.2. The summed E-state index contributed by atoms with van der Waals surface area (Å²) in [6.07, 6.45) is 0.242. The van der Waals surface area contributed by atoms with Gasteiger partial charge in [-0.3, -0.25) is 9.59 Å². The number of amides is 1. The molecule has 0 aliphatic carbocycles. The Morgan fingerprint density at radius 3 is 2.81 bits per heavy atom. The average Bonchev–Trinajstić information content (AvgIpc) is 3.19. The number of esters is 1. The highest BCUT2D eigenvalue weighted by atomic mass is 32.2. The Hall–Kier alpha value is -2.56. The molecule has 1 aliphatic heterocycles. The number of allylic oxidation sites excluding steroid dienone is 1. The number of thiophene rings is 1. The lowest BCUT2D eigenvalue weighted by Gasteiger charge is -2.23. The van der Waals surface area contributed by atoms with Crippen molar-refractivity contribution in [1.29, 1.82) is 5.26 Å². The predicted molar refractivity (Wildman–Crippen MR) is 101 cm³/mol. The van der Waals surface area contributed by atoms with E-state index in [4.69, 9.17) is 4.74 Å². The second-order valence-corrected chi connectivity index (χ2v) is 7.57. The maximum atomic E-state index is 12.0. The molecule has 0 saturated carbocycles. The Morgan fingerprint density at radius 2 is 2.12 bits per heavy atom. The summed E-state index contributed by atoms with van der Waals surface area (Å²) < 4.78 is 5.24. The molecule has 7 heteroatoms. The van der Waals surface area contributed by atoms with Gasteiger partial charge in [-0.1, -0.05) is 48.2 Å². The van der Waals surface area contributed by atoms with Gasteiger partial charge in [0.15, 0.2) is 0 Å². The van der Waals surface area contributed by atoms with Crippen molar-refractivity contribution < 1.29 is 14.3 Å². The van der Waals surface area contributed by atoms with Crippen molar-refractivity contribution in [1.82, 2.24) is 5.32 Å². The van der Waals surface area contributed by atoms with Gasteiger partial charge in [-0.05, 0) is 17.0 Å². The summed E-state index contributed by atoms with van der Waals surface area (Å²) in [5.74, 6) is -0.764. The predicted octanol–water partition coefficient (Wildman–Crippen LogP) is 3.56. The van der Waals surface area contributed by atoms with E-state index in [2.05, 4.69) is 11.4 Å². The van der Waals surface area contributed by atoms with Crippen LogP contribution in [0.4, 0.5) is 0 Å². The molecule has 2 aromatic rings. The van der Waals surface area contributed by atoms with Gasteiger partial charge in [-0.25, -0.2) is 0 Å². The minimum Gasteiger partial charge on any atom is -0.460 e. The fraction of sp³-hybridized carbons (Fsp3) is 0.211. The highest BCUT2D eigenvalue weighted by Crippen LogP contribution is 2.37. The molecule has 0 unspecified atom stereocenters. The molecule has 0 bridgehead atoms. The van der Waals surface area contributed by atoms with E-state index in [0.717, 1.165) is 22.2 Å². The van der Waals surface area contributed by atoms with E-state index in [-0.39, 0.29) is 30.6 Å². The minimum absolute atomic E-state index is 0.0325. The molecule has 1 amide bonds. The van der Waals surface area contributed by atoms with Crippen LogP contribution in [-0.4, -0.2) is 17.6 Å². The molecule has 5 nitrogen and oxygen atoms in total. The minimum atomic E-state index is -0.392. The van der Waals surface area contributed by atoms with Crippen molar-refractivity contribution >= 4 is 35.0 Å². The van der Waals surface area contributed by atoms with Crippen molar-refractivity contribution in [3.05, 3.63) is 68.9 Å². The summed E-state index contributed by atoms with van der Waals surface area (Å²) in [6, 6.07) is 15.4. The standard InChI is InChI=1S/C19H16N2O3S2/c20-10-15-14(16-7-4-8-25-16)9-17(22)21-19(15)26-12-18(23)24-11-13-5-2-1-3-6-13/h1-8,14H,9,11-12H2,(H,21,22)/t14-/m0/s1. The van der Waals surface area contributed by atoms with E-state index >= 15 is 0 Å². The van der Waals surface area contributed by atoms with E-state index in [1.807, 2.05) is 47.8 Å². The third-order valence-electron chi connectivity index (χ3n) is 3.82. The lowest BCUT2D eigenvalue weighted by molar-refractivity contribution is -0.141. The van der Waals surface area contributed by atoms with Crippen LogP contribution in [0.5, 0.6) is 0 Å². The smallest absolute Gasteiger partial charge is 0.316 e. The summed E-state index contributed by atoms with van der Waals surface area (Å²) in [5.41, 5.74) is 1.40. The molecule has 132 valence electrons. The second kappa shape index (κ2) is 8.70. The Kier molecular flexibility index (Phi) is 6.10. The molecule has 1 N–H and O–H groups in total. The molecular formula is C19H16N2O3S2. The molecule has 2 heterocycles. The molecule has 0 fully saturated rings. The van der Waals surface area contributed by atoms with E-state index in [9.17, 15) is 14.9 Å². The van der Waals surface area contributed by atoms with Crippen molar-refractivity contribution in [2.75, 3.05) is 5.75 Å². The van der Waals surface area contributed by atoms with E-state index in [1.54, 1.807) is 0 Å². The van der Waals surface area contributed by atoms with Gasteiger partial charge in [0.1, 0.15) is 6.61 Å². The van der Waals surface area contributed by atoms with Gasteiger partial charge >= 0.3 is 5.97 Å². The maximum Gasteiger partial charge on any atom is 0.316 e. The van der Waals surface area contributed by atoms with Gasteiger partial charge in [-0.15, -0.1) is 11.3 Å². The summed E-state index contributed by atoms with van der Waals surface area (Å²) in [5, 5.41) is 14.6. The number of thioether (sulfide) groups is 1. The van der Waals surface area contributed by atoms with Crippen LogP contribution in [0.15, 0.2) is 58.4 Å². The van der Waals surface area contributed by atoms with Gasteiger partial charge in [0.25, 0.3) is 0 Å². The lowest BCUT2D eigenvalue weighted by atomic mass is 9.93. The highest BCUT2D eigenvalue weighted by molar-refractivity contribution is 8.03. The number of benzene rings is 1. The molecular weight excluding hydrogens is 368 g/mol. The number of hydrogen-bond acceptors (Lipinski definition) is 6. The SMILES string of the molecule is N#CC1=C(SCC(=O)OCc2ccccc2)NC(=O)C[C@@H]1c1cccs1. The summed E-state index contributed by atoms with van der Waals surface area (Å²) in [4.78, 5) is 25.0. The third-order valence-corrected chi connectivity index (χ3v) is 5.80. The zero-order valence-electron chi connectivity index (χ0n) is 13.8. The lowest BCUT2D eigenvalue weighted by Crippen LogP contribution is -2.31. The van der Waals surface area contributed by atoms with Gasteiger partial charge in [0.05, 0.1) is 22.4 Å². The van der Waals surface area contributed by atoms with Crippen LogP contribution in [0.25, 0.3) is 0 Å². The van der Waals surface area contributed by atoms with Crippen LogP contribution in [0.2, 0.25) is 0 Å². The Bertz CT molecular complexity index is 855. The van der Waals surface area contributed by atoms with Crippen molar-refractivity contribution in [3.63, 3.8) is 0 Å². The first-order chi connectivity index (χ1) is 12.7. The number of carbonyl (C=O) groups excluding carboxylic acids is 2. The number of nitriles is 1. The average molecular weight is 384 g/mol. The number of hydrogen-bond donors (Lipinski definition) is 1. The summed E-state index contributed by atoms with van der Waals surface area (Å²) >= 11 is 2.65. The molecule has 1 aliphatic rings. The second-order valence-electron chi connectivity index (χ2n) is 5.61. The number of ether oxygens (including phenoxy) is 1. The summed E-state index contributed by atoms with van der Waals surface area (Å²) in [6.45, 7) is 0.203.